The number of nitrogens with one attached hydrogen (secondary N) is 2. The van der Waals surface area contributed by atoms with E-state index in [0.717, 1.165) is 49.0 Å². The fraction of sp³-hybridized carbons (Fsp3) is 0.458. The first-order valence-electron chi connectivity index (χ1n) is 11.3. The molecule has 3 aromatic rings. The van der Waals surface area contributed by atoms with Crippen molar-refractivity contribution in [3.8, 4) is 0 Å². The van der Waals surface area contributed by atoms with Gasteiger partial charge in [-0.1, -0.05) is 18.2 Å². The number of hydrogen-bond donors (Lipinski definition) is 2. The molecule has 1 aliphatic rings. The van der Waals surface area contributed by atoms with Gasteiger partial charge < -0.3 is 15.2 Å². The molecule has 0 atom stereocenters. The minimum atomic E-state index is -0.0552. The monoisotopic (exact) mass is 438 g/mol. The van der Waals surface area contributed by atoms with Gasteiger partial charge in [-0.3, -0.25) is 9.59 Å². The molecule has 31 heavy (non-hydrogen) atoms. The van der Waals surface area contributed by atoms with Crippen molar-refractivity contribution in [1.82, 2.24) is 15.3 Å². The van der Waals surface area contributed by atoms with Crippen molar-refractivity contribution in [3.05, 3.63) is 57.0 Å². The minimum Gasteiger partial charge on any atom is -0.372 e. The van der Waals surface area contributed by atoms with E-state index >= 15 is 0 Å². The van der Waals surface area contributed by atoms with Gasteiger partial charge in [0, 0.05) is 43.0 Å². The number of hydrogen-bond acceptors (Lipinski definition) is 5. The number of amides is 1. The first-order valence-corrected chi connectivity index (χ1v) is 12.1. The van der Waals surface area contributed by atoms with Gasteiger partial charge in [-0.25, -0.2) is 4.98 Å². The third kappa shape index (κ3) is 5.15. The zero-order valence-corrected chi connectivity index (χ0v) is 18.9. The number of aryl methyl sites for hydroxylation is 3. The predicted molar refractivity (Wildman–Crippen MR) is 127 cm³/mol. The van der Waals surface area contributed by atoms with Crippen molar-refractivity contribution in [1.29, 1.82) is 0 Å². The van der Waals surface area contributed by atoms with Gasteiger partial charge in [0.2, 0.25) is 5.91 Å². The molecule has 0 bridgehead atoms. The molecule has 1 aliphatic carbocycles. The molecule has 6 nitrogen and oxygen atoms in total. The molecule has 164 valence electrons. The Bertz CT molecular complexity index is 1090. The fourth-order valence-corrected chi connectivity index (χ4v) is 5.53. The highest BCUT2D eigenvalue weighted by molar-refractivity contribution is 7.18. The van der Waals surface area contributed by atoms with Gasteiger partial charge in [0.1, 0.15) is 10.7 Å². The molecule has 0 unspecified atom stereocenters. The molecule has 0 radical (unpaired) electrons. The molecule has 0 fully saturated rings. The Balaban J connectivity index is 1.26. The van der Waals surface area contributed by atoms with Gasteiger partial charge in [-0.15, -0.1) is 11.3 Å². The second-order valence-electron chi connectivity index (χ2n) is 8.02. The second-order valence-corrected chi connectivity index (χ2v) is 9.11. The summed E-state index contributed by atoms with van der Waals surface area (Å²) in [5.74, 6) is 0.600. The Morgan fingerprint density at radius 2 is 2.03 bits per heavy atom. The predicted octanol–water partition coefficient (Wildman–Crippen LogP) is 3.83. The van der Waals surface area contributed by atoms with Crippen LogP contribution in [0.4, 0.5) is 5.69 Å². The lowest BCUT2D eigenvalue weighted by Crippen LogP contribution is -2.30. The normalized spacial score (nSPS) is 13.2. The molecule has 4 rings (SSSR count). The Morgan fingerprint density at radius 3 is 2.84 bits per heavy atom. The smallest absolute Gasteiger partial charge is 0.259 e. The van der Waals surface area contributed by atoms with Crippen LogP contribution in [0.1, 0.15) is 48.9 Å². The lowest BCUT2D eigenvalue weighted by molar-refractivity contribution is -0.121. The Hall–Kier alpha value is -2.67. The van der Waals surface area contributed by atoms with Crippen molar-refractivity contribution in [2.24, 2.45) is 0 Å². The Morgan fingerprint density at radius 1 is 1.23 bits per heavy atom. The summed E-state index contributed by atoms with van der Waals surface area (Å²) in [6, 6.07) is 10.3. The number of thiophene rings is 1. The number of carbonyl (C=O) groups excluding carboxylic acids is 1. The van der Waals surface area contributed by atoms with E-state index in [2.05, 4.69) is 39.2 Å². The van der Waals surface area contributed by atoms with Crippen LogP contribution < -0.4 is 15.8 Å². The maximum atomic E-state index is 12.6. The van der Waals surface area contributed by atoms with E-state index in [1.807, 2.05) is 18.2 Å². The van der Waals surface area contributed by atoms with Crippen LogP contribution in [-0.4, -0.2) is 35.5 Å². The van der Waals surface area contributed by atoms with Crippen molar-refractivity contribution in [2.75, 3.05) is 24.5 Å². The van der Waals surface area contributed by atoms with Crippen molar-refractivity contribution < 1.29 is 4.79 Å². The van der Waals surface area contributed by atoms with Crippen LogP contribution in [0.25, 0.3) is 10.2 Å². The van der Waals surface area contributed by atoms with E-state index < -0.39 is 0 Å². The molecule has 0 saturated heterocycles. The molecule has 2 N–H and O–H groups in total. The first kappa shape index (κ1) is 21.6. The number of aromatic amines is 1. The number of rotatable bonds is 9. The minimum absolute atomic E-state index is 0.00372. The summed E-state index contributed by atoms with van der Waals surface area (Å²) in [7, 11) is 0. The van der Waals surface area contributed by atoms with Crippen LogP contribution in [0.2, 0.25) is 0 Å². The highest BCUT2D eigenvalue weighted by Gasteiger charge is 2.19. The zero-order valence-electron chi connectivity index (χ0n) is 18.1. The number of nitrogens with zero attached hydrogens (tertiary/aromatic N) is 2. The highest BCUT2D eigenvalue weighted by Crippen LogP contribution is 2.33. The number of anilines is 1. The summed E-state index contributed by atoms with van der Waals surface area (Å²) in [5, 5.41) is 3.76. The molecule has 1 amide bonds. The summed E-state index contributed by atoms with van der Waals surface area (Å²) in [4.78, 5) is 36.9. The van der Waals surface area contributed by atoms with E-state index in [4.69, 9.17) is 0 Å². The molecule has 0 spiro atoms. The molecule has 0 saturated carbocycles. The Labute approximate surface area is 186 Å². The largest absolute Gasteiger partial charge is 0.372 e. The number of carbonyl (C=O) groups is 1. The van der Waals surface area contributed by atoms with Crippen molar-refractivity contribution in [3.63, 3.8) is 0 Å². The van der Waals surface area contributed by atoms with Crippen LogP contribution in [-0.2, 0) is 24.1 Å². The third-order valence-corrected chi connectivity index (χ3v) is 7.08. The molecular formula is C24H30N4O2S. The summed E-state index contributed by atoms with van der Waals surface area (Å²) < 4.78 is 0. The lowest BCUT2D eigenvalue weighted by Gasteiger charge is -2.23. The van der Waals surface area contributed by atoms with Gasteiger partial charge >= 0.3 is 0 Å². The van der Waals surface area contributed by atoms with E-state index in [-0.39, 0.29) is 11.5 Å². The highest BCUT2D eigenvalue weighted by atomic mass is 32.1. The van der Waals surface area contributed by atoms with Gasteiger partial charge in [-0.05, 0) is 56.7 Å². The number of para-hydroxylation sites is 1. The summed E-state index contributed by atoms with van der Waals surface area (Å²) >= 11 is 1.65. The zero-order chi connectivity index (χ0) is 21.6. The Kier molecular flexibility index (Phi) is 7.02. The molecule has 7 heteroatoms. The number of H-pyrrole nitrogens is 1. The van der Waals surface area contributed by atoms with Crippen molar-refractivity contribution in [2.45, 2.75) is 51.9 Å². The van der Waals surface area contributed by atoms with Gasteiger partial charge in [-0.2, -0.15) is 0 Å². The van der Waals surface area contributed by atoms with Crippen LogP contribution in [0.3, 0.4) is 0 Å². The van der Waals surface area contributed by atoms with Crippen LogP contribution in [0, 0.1) is 0 Å². The van der Waals surface area contributed by atoms with Crippen LogP contribution >= 0.6 is 11.3 Å². The molecule has 1 aromatic carbocycles. The van der Waals surface area contributed by atoms with Gasteiger partial charge in [0.15, 0.2) is 0 Å². The SMILES string of the molecule is CCN(CCCNC(=O)CCc1nc2sc3c(c2c(=O)[nH]1)CCCC3)c1ccccc1. The molecule has 2 heterocycles. The van der Waals surface area contributed by atoms with E-state index in [9.17, 15) is 9.59 Å². The fourth-order valence-electron chi connectivity index (χ4n) is 4.25. The quantitative estimate of drug-likeness (QED) is 0.498. The molecule has 2 aromatic heterocycles. The summed E-state index contributed by atoms with van der Waals surface area (Å²) in [6.07, 6.45) is 6.01. The number of fused-ring (bicyclic) bond motifs is 3. The second kappa shape index (κ2) is 10.1. The number of aromatic nitrogens is 2. The summed E-state index contributed by atoms with van der Waals surface area (Å²) in [5.41, 5.74) is 2.35. The van der Waals surface area contributed by atoms with E-state index in [0.29, 0.717) is 25.2 Å². The maximum absolute atomic E-state index is 12.6. The molecule has 0 aliphatic heterocycles. The average molecular weight is 439 g/mol. The third-order valence-electron chi connectivity index (χ3n) is 5.89. The average Bonchev–Trinajstić information content (AvgIpc) is 3.17. The summed E-state index contributed by atoms with van der Waals surface area (Å²) in [6.45, 7) is 4.62. The number of benzene rings is 1. The van der Waals surface area contributed by atoms with Crippen molar-refractivity contribution >= 4 is 33.1 Å². The van der Waals surface area contributed by atoms with Crippen LogP contribution in [0.5, 0.6) is 0 Å². The maximum Gasteiger partial charge on any atom is 0.259 e. The standard InChI is InChI=1S/C24H30N4O2S/c1-2-28(17-9-4-3-5-10-17)16-8-15-25-21(29)14-13-20-26-23(30)22-18-11-6-7-12-19(18)31-24(22)27-20/h3-5,9-10H,2,6-8,11-16H2,1H3,(H,25,29)(H,26,27,30). The molecular weight excluding hydrogens is 408 g/mol. The van der Waals surface area contributed by atoms with Crippen LogP contribution in [0.15, 0.2) is 35.1 Å². The topological polar surface area (TPSA) is 78.1 Å². The van der Waals surface area contributed by atoms with Gasteiger partial charge in [0.05, 0.1) is 5.39 Å². The van der Waals surface area contributed by atoms with E-state index in [1.54, 1.807) is 11.3 Å². The van der Waals surface area contributed by atoms with E-state index in [1.165, 1.54) is 22.5 Å². The first-order chi connectivity index (χ1) is 15.2. The van der Waals surface area contributed by atoms with Gasteiger partial charge in [0.25, 0.3) is 5.56 Å². The lowest BCUT2D eigenvalue weighted by atomic mass is 9.97.